The van der Waals surface area contributed by atoms with Gasteiger partial charge >= 0.3 is 0 Å². The molecule has 3 fully saturated rings. The van der Waals surface area contributed by atoms with Crippen molar-refractivity contribution >= 4 is 39.3 Å². The molecule has 3 saturated heterocycles. The number of nitrogens with one attached hydrogen (secondary N) is 2. The Kier molecular flexibility index (Phi) is 8.26. The van der Waals surface area contributed by atoms with Crippen LogP contribution in [0, 0.1) is 11.8 Å². The fourth-order valence-electron chi connectivity index (χ4n) is 5.93. The van der Waals surface area contributed by atoms with Gasteiger partial charge in [0, 0.05) is 29.7 Å². The lowest BCUT2D eigenvalue weighted by atomic mass is 9.70. The molecule has 6 atom stereocenters. The van der Waals surface area contributed by atoms with E-state index in [1.165, 1.54) is 0 Å². The number of hydrogen-bond acceptors (Lipinski definition) is 6. The van der Waals surface area contributed by atoms with Crippen molar-refractivity contribution in [3.05, 3.63) is 24.3 Å². The summed E-state index contributed by atoms with van der Waals surface area (Å²) in [5.41, 5.74) is -0.459. The van der Waals surface area contributed by atoms with Crippen LogP contribution >= 0.6 is 15.9 Å². The lowest BCUT2D eigenvalue weighted by molar-refractivity contribution is -0.141. The maximum Gasteiger partial charge on any atom is 0.246 e. The third kappa shape index (κ3) is 4.87. The molecule has 1 aromatic carbocycles. The molecule has 3 aliphatic rings. The van der Waals surface area contributed by atoms with Crippen LogP contribution in [0.3, 0.4) is 0 Å². The molecule has 2 bridgehead atoms. The maximum absolute atomic E-state index is 13.8. The van der Waals surface area contributed by atoms with Gasteiger partial charge in [-0.3, -0.25) is 14.4 Å². The summed E-state index contributed by atoms with van der Waals surface area (Å²) in [7, 11) is 0. The third-order valence-corrected chi connectivity index (χ3v) is 8.11. The van der Waals surface area contributed by atoms with Gasteiger partial charge in [-0.2, -0.15) is 0 Å². The van der Waals surface area contributed by atoms with Crippen LogP contribution in [-0.2, 0) is 19.1 Å². The Hall–Kier alpha value is -2.17. The van der Waals surface area contributed by atoms with Gasteiger partial charge in [-0.05, 0) is 70.7 Å². The fourth-order valence-corrected chi connectivity index (χ4v) is 6.87. The van der Waals surface area contributed by atoms with Crippen molar-refractivity contribution in [2.45, 2.75) is 75.1 Å². The van der Waals surface area contributed by atoms with E-state index in [0.29, 0.717) is 43.9 Å². The number of anilines is 1. The fraction of sp³-hybridized carbons (Fsp3) is 0.654. The van der Waals surface area contributed by atoms with E-state index in [0.717, 1.165) is 6.42 Å². The molecule has 10 heteroatoms. The molecular weight excluding hydrogens is 530 g/mol. The van der Waals surface area contributed by atoms with E-state index in [2.05, 4.69) is 26.6 Å². The highest BCUT2D eigenvalue weighted by atomic mass is 79.9. The van der Waals surface area contributed by atoms with Crippen molar-refractivity contribution < 1.29 is 29.0 Å². The number of amides is 3. The average Bonchev–Trinajstić information content (AvgIpc) is 3.41. The quantitative estimate of drug-likeness (QED) is 0.280. The van der Waals surface area contributed by atoms with Crippen molar-refractivity contribution in [1.82, 2.24) is 10.2 Å². The Balaban J connectivity index is 1.60. The molecular formula is C26H36BrN3O6. The molecule has 3 amide bonds. The zero-order valence-corrected chi connectivity index (χ0v) is 22.6. The smallest absolute Gasteiger partial charge is 0.246 e. The molecule has 0 aliphatic carbocycles. The lowest BCUT2D eigenvalue weighted by Gasteiger charge is -2.34. The number of alkyl halides is 1. The Labute approximate surface area is 220 Å². The number of likely N-dealkylation sites (tertiary alicyclic amines) is 1. The Morgan fingerprint density at radius 2 is 1.94 bits per heavy atom. The van der Waals surface area contributed by atoms with Crippen LogP contribution in [0.2, 0.25) is 0 Å². The number of aliphatic hydroxyl groups excluding tert-OH is 1. The van der Waals surface area contributed by atoms with Gasteiger partial charge in [-0.1, -0.05) is 15.9 Å². The molecule has 36 heavy (non-hydrogen) atoms. The zero-order chi connectivity index (χ0) is 26.0. The summed E-state index contributed by atoms with van der Waals surface area (Å²) in [6.45, 7) is 6.67. The first kappa shape index (κ1) is 26.9. The van der Waals surface area contributed by atoms with Gasteiger partial charge in [0.15, 0.2) is 0 Å². The number of halogens is 1. The molecule has 198 valence electrons. The number of unbranched alkanes of at least 4 members (excludes halogenated alkanes) is 2. The minimum atomic E-state index is -1.06. The van der Waals surface area contributed by atoms with Gasteiger partial charge in [0.25, 0.3) is 0 Å². The molecule has 3 N–H and O–H groups in total. The molecule has 0 aromatic heterocycles. The van der Waals surface area contributed by atoms with Crippen molar-refractivity contribution in [2.24, 2.45) is 11.8 Å². The molecule has 0 radical (unpaired) electrons. The van der Waals surface area contributed by atoms with Crippen LogP contribution in [0.5, 0.6) is 5.75 Å². The standard InChI is InChI=1S/C26H36BrN3O6/c1-4-35-17-10-8-16(9-11-17)29-23(32)19-20-25(34)30(12-6-5-7-13-31)22(24(33)28-15(2)3)26(20)14-18(27)21(19)36-26/h8-11,15,18-22,31H,4-7,12-14H2,1-3H3,(H,28,33)(H,29,32)/t18?,19-,20+,21-,22?,26?/m1/s1. The first-order valence-corrected chi connectivity index (χ1v) is 13.7. The molecule has 3 aliphatic heterocycles. The lowest BCUT2D eigenvalue weighted by Crippen LogP contribution is -2.56. The molecule has 4 rings (SSSR count). The number of nitrogens with zero attached hydrogens (tertiary/aromatic N) is 1. The number of fused-ring (bicyclic) bond motifs is 1. The summed E-state index contributed by atoms with van der Waals surface area (Å²) in [5, 5.41) is 15.0. The second-order valence-electron chi connectivity index (χ2n) is 10.1. The van der Waals surface area contributed by atoms with Gasteiger partial charge in [0.05, 0.1) is 24.5 Å². The van der Waals surface area contributed by atoms with Gasteiger partial charge in [0.1, 0.15) is 17.4 Å². The van der Waals surface area contributed by atoms with E-state index >= 15 is 0 Å². The van der Waals surface area contributed by atoms with E-state index in [-0.39, 0.29) is 35.2 Å². The highest BCUT2D eigenvalue weighted by molar-refractivity contribution is 9.09. The van der Waals surface area contributed by atoms with Crippen LogP contribution in [0.15, 0.2) is 24.3 Å². The summed E-state index contributed by atoms with van der Waals surface area (Å²) < 4.78 is 11.9. The molecule has 3 heterocycles. The third-order valence-electron chi connectivity index (χ3n) is 7.26. The first-order chi connectivity index (χ1) is 17.2. The Bertz CT molecular complexity index is 973. The predicted octanol–water partition coefficient (Wildman–Crippen LogP) is 2.46. The number of carbonyl (C=O) groups excluding carboxylic acids is 3. The molecule has 1 spiro atoms. The van der Waals surface area contributed by atoms with Gasteiger partial charge in [-0.15, -0.1) is 0 Å². The van der Waals surface area contributed by atoms with Crippen LogP contribution in [-0.4, -0.2) is 76.1 Å². The SMILES string of the molecule is CCOc1ccc(NC(=O)[C@H]2[C@@H]3OC4(CC3Br)C(C(=O)NC(C)C)N(CCCCCO)C(=O)[C@H]24)cc1. The number of hydrogen-bond donors (Lipinski definition) is 3. The molecule has 9 nitrogen and oxygen atoms in total. The van der Waals surface area contributed by atoms with Crippen LogP contribution in [0.1, 0.15) is 46.5 Å². The first-order valence-electron chi connectivity index (χ1n) is 12.8. The van der Waals surface area contributed by atoms with E-state index in [9.17, 15) is 14.4 Å². The zero-order valence-electron chi connectivity index (χ0n) is 21.0. The Morgan fingerprint density at radius 3 is 2.58 bits per heavy atom. The van der Waals surface area contributed by atoms with Crippen LogP contribution in [0.4, 0.5) is 5.69 Å². The van der Waals surface area contributed by atoms with Crippen molar-refractivity contribution in [3.8, 4) is 5.75 Å². The van der Waals surface area contributed by atoms with E-state index in [1.807, 2.05) is 20.8 Å². The number of carbonyl (C=O) groups is 3. The maximum atomic E-state index is 13.8. The second-order valence-corrected chi connectivity index (χ2v) is 11.3. The Morgan fingerprint density at radius 1 is 1.22 bits per heavy atom. The topological polar surface area (TPSA) is 117 Å². The summed E-state index contributed by atoms with van der Waals surface area (Å²) in [6, 6.07) is 6.19. The summed E-state index contributed by atoms with van der Waals surface area (Å²) >= 11 is 3.68. The van der Waals surface area contributed by atoms with E-state index in [4.69, 9.17) is 14.6 Å². The highest BCUT2D eigenvalue weighted by Crippen LogP contribution is 2.60. The van der Waals surface area contributed by atoms with Crippen molar-refractivity contribution in [2.75, 3.05) is 25.1 Å². The van der Waals surface area contributed by atoms with Crippen LogP contribution < -0.4 is 15.4 Å². The number of aliphatic hydroxyl groups is 1. The molecule has 0 saturated carbocycles. The van der Waals surface area contributed by atoms with Crippen LogP contribution in [0.25, 0.3) is 0 Å². The van der Waals surface area contributed by atoms with Gasteiger partial charge in [0.2, 0.25) is 17.7 Å². The minimum Gasteiger partial charge on any atom is -0.494 e. The van der Waals surface area contributed by atoms with Crippen molar-refractivity contribution in [1.29, 1.82) is 0 Å². The van der Waals surface area contributed by atoms with E-state index in [1.54, 1.807) is 29.2 Å². The molecule has 1 aromatic rings. The average molecular weight is 566 g/mol. The summed E-state index contributed by atoms with van der Waals surface area (Å²) in [5.74, 6) is -1.51. The highest BCUT2D eigenvalue weighted by Gasteiger charge is 2.76. The summed E-state index contributed by atoms with van der Waals surface area (Å²) in [4.78, 5) is 42.3. The van der Waals surface area contributed by atoms with Gasteiger partial charge in [-0.25, -0.2) is 0 Å². The predicted molar refractivity (Wildman–Crippen MR) is 138 cm³/mol. The minimum absolute atomic E-state index is 0.0849. The second kappa shape index (κ2) is 11.1. The molecule has 3 unspecified atom stereocenters. The monoisotopic (exact) mass is 565 g/mol. The summed E-state index contributed by atoms with van der Waals surface area (Å²) in [6.07, 6.45) is 2.00. The number of ether oxygens (including phenoxy) is 2. The largest absolute Gasteiger partial charge is 0.494 e. The van der Waals surface area contributed by atoms with Gasteiger partial charge < -0.3 is 30.1 Å². The van der Waals surface area contributed by atoms with Crippen molar-refractivity contribution in [3.63, 3.8) is 0 Å². The number of rotatable bonds is 11. The normalized spacial score (nSPS) is 30.6. The van der Waals surface area contributed by atoms with E-state index < -0.39 is 29.6 Å². The number of benzene rings is 1.